The predicted molar refractivity (Wildman–Crippen MR) is 105 cm³/mol. The number of amides is 2. The lowest BCUT2D eigenvalue weighted by molar-refractivity contribution is -0.124. The number of aromatic nitrogens is 3. The Bertz CT molecular complexity index is 844. The number of rotatable bonds is 5. The van der Waals surface area contributed by atoms with Gasteiger partial charge in [-0.3, -0.25) is 9.59 Å². The molecule has 1 fully saturated rings. The molecule has 28 heavy (non-hydrogen) atoms. The van der Waals surface area contributed by atoms with E-state index in [4.69, 9.17) is 4.74 Å². The summed E-state index contributed by atoms with van der Waals surface area (Å²) in [6.07, 6.45) is 1.40. The molecule has 0 bridgehead atoms. The van der Waals surface area contributed by atoms with Gasteiger partial charge < -0.3 is 15.0 Å². The van der Waals surface area contributed by atoms with Crippen LogP contribution in [0.4, 0.5) is 0 Å². The zero-order valence-electron chi connectivity index (χ0n) is 16.8. The van der Waals surface area contributed by atoms with Gasteiger partial charge in [-0.05, 0) is 57.9 Å². The van der Waals surface area contributed by atoms with Crippen molar-refractivity contribution in [3.05, 3.63) is 35.7 Å². The SMILES string of the molecule is CCc1c(C(=O)N2CCCNC(=O)[C@H]2C)nnn1-c1ccc(OC(C)C)cc1. The second kappa shape index (κ2) is 8.41. The molecule has 0 unspecified atom stereocenters. The fraction of sp³-hybridized carbons (Fsp3) is 0.500. The lowest BCUT2D eigenvalue weighted by atomic mass is 10.2. The number of carbonyl (C=O) groups excluding carboxylic acids is 2. The van der Waals surface area contributed by atoms with Crippen molar-refractivity contribution in [2.45, 2.75) is 52.7 Å². The van der Waals surface area contributed by atoms with Crippen molar-refractivity contribution in [1.82, 2.24) is 25.2 Å². The van der Waals surface area contributed by atoms with E-state index in [1.807, 2.05) is 45.0 Å². The van der Waals surface area contributed by atoms with E-state index in [1.54, 1.807) is 16.5 Å². The molecule has 8 heteroatoms. The standard InChI is InChI=1S/C20H27N5O3/c1-5-17-18(20(27)24-12-6-11-21-19(26)14(24)4)22-23-25(17)15-7-9-16(10-8-15)28-13(2)3/h7-10,13-14H,5-6,11-12H2,1-4H3,(H,21,26)/t14-/m1/s1. The molecule has 3 rings (SSSR count). The summed E-state index contributed by atoms with van der Waals surface area (Å²) in [4.78, 5) is 26.8. The Morgan fingerprint density at radius 1 is 1.32 bits per heavy atom. The maximum absolute atomic E-state index is 13.1. The third-order valence-electron chi connectivity index (χ3n) is 4.74. The molecule has 1 N–H and O–H groups in total. The monoisotopic (exact) mass is 385 g/mol. The highest BCUT2D eigenvalue weighted by atomic mass is 16.5. The molecular formula is C20H27N5O3. The molecule has 1 aromatic carbocycles. The molecule has 1 atom stereocenters. The van der Waals surface area contributed by atoms with E-state index in [0.29, 0.717) is 31.6 Å². The number of hydrogen-bond acceptors (Lipinski definition) is 5. The van der Waals surface area contributed by atoms with Crippen molar-refractivity contribution in [3.8, 4) is 11.4 Å². The minimum Gasteiger partial charge on any atom is -0.491 e. The number of ether oxygens (including phenoxy) is 1. The van der Waals surface area contributed by atoms with Crippen LogP contribution >= 0.6 is 0 Å². The molecule has 150 valence electrons. The Kier molecular flexibility index (Phi) is 5.96. The van der Waals surface area contributed by atoms with Gasteiger partial charge in [0.1, 0.15) is 11.8 Å². The molecule has 0 spiro atoms. The minimum absolute atomic E-state index is 0.0976. The third kappa shape index (κ3) is 4.00. The summed E-state index contributed by atoms with van der Waals surface area (Å²) >= 11 is 0. The lowest BCUT2D eigenvalue weighted by Gasteiger charge is -2.24. The summed E-state index contributed by atoms with van der Waals surface area (Å²) in [5.74, 6) is 0.377. The molecule has 0 aliphatic carbocycles. The quantitative estimate of drug-likeness (QED) is 0.850. The first kappa shape index (κ1) is 19.9. The van der Waals surface area contributed by atoms with Gasteiger partial charge in [0, 0.05) is 13.1 Å². The highest BCUT2D eigenvalue weighted by Crippen LogP contribution is 2.20. The van der Waals surface area contributed by atoms with Gasteiger partial charge in [0.15, 0.2) is 5.69 Å². The smallest absolute Gasteiger partial charge is 0.277 e. The fourth-order valence-electron chi connectivity index (χ4n) is 3.29. The van der Waals surface area contributed by atoms with E-state index in [9.17, 15) is 9.59 Å². The van der Waals surface area contributed by atoms with Crippen molar-refractivity contribution < 1.29 is 14.3 Å². The summed E-state index contributed by atoms with van der Waals surface area (Å²) in [6.45, 7) is 8.73. The first-order chi connectivity index (χ1) is 13.4. The number of nitrogens with zero attached hydrogens (tertiary/aromatic N) is 4. The first-order valence-electron chi connectivity index (χ1n) is 9.72. The summed E-state index contributed by atoms with van der Waals surface area (Å²) in [7, 11) is 0. The number of nitrogens with one attached hydrogen (secondary N) is 1. The molecule has 1 aliphatic rings. The van der Waals surface area contributed by atoms with Crippen LogP contribution in [0.1, 0.15) is 50.3 Å². The van der Waals surface area contributed by atoms with E-state index < -0.39 is 6.04 Å². The minimum atomic E-state index is -0.530. The molecule has 1 aliphatic heterocycles. The topological polar surface area (TPSA) is 89.4 Å². The van der Waals surface area contributed by atoms with E-state index in [1.165, 1.54) is 0 Å². The summed E-state index contributed by atoms with van der Waals surface area (Å²) in [5.41, 5.74) is 1.83. The largest absolute Gasteiger partial charge is 0.491 e. The molecule has 2 aromatic rings. The van der Waals surface area contributed by atoms with Gasteiger partial charge in [0.05, 0.1) is 17.5 Å². The Hall–Kier alpha value is -2.90. The van der Waals surface area contributed by atoms with Crippen LogP contribution in [0.25, 0.3) is 5.69 Å². The maximum atomic E-state index is 13.1. The number of hydrogen-bond donors (Lipinski definition) is 1. The van der Waals surface area contributed by atoms with Crippen molar-refractivity contribution in [3.63, 3.8) is 0 Å². The van der Waals surface area contributed by atoms with Gasteiger partial charge >= 0.3 is 0 Å². The number of benzene rings is 1. The van der Waals surface area contributed by atoms with Crippen molar-refractivity contribution >= 4 is 11.8 Å². The van der Waals surface area contributed by atoms with E-state index in [-0.39, 0.29) is 17.9 Å². The van der Waals surface area contributed by atoms with E-state index in [0.717, 1.165) is 17.1 Å². The molecule has 1 saturated heterocycles. The molecule has 8 nitrogen and oxygen atoms in total. The Morgan fingerprint density at radius 2 is 2.04 bits per heavy atom. The van der Waals surface area contributed by atoms with Crippen molar-refractivity contribution in [1.29, 1.82) is 0 Å². The molecule has 0 radical (unpaired) electrons. The zero-order valence-corrected chi connectivity index (χ0v) is 16.8. The Labute approximate surface area is 164 Å². The normalized spacial score (nSPS) is 17.4. The van der Waals surface area contributed by atoms with Gasteiger partial charge in [-0.1, -0.05) is 12.1 Å². The van der Waals surface area contributed by atoms with Crippen molar-refractivity contribution in [2.75, 3.05) is 13.1 Å². The molecule has 2 amide bonds. The zero-order chi connectivity index (χ0) is 20.3. The fourth-order valence-corrected chi connectivity index (χ4v) is 3.29. The van der Waals surface area contributed by atoms with Gasteiger partial charge in [0.25, 0.3) is 5.91 Å². The molecule has 1 aromatic heterocycles. The molecular weight excluding hydrogens is 358 g/mol. The number of carbonyl (C=O) groups is 2. The highest BCUT2D eigenvalue weighted by Gasteiger charge is 2.32. The first-order valence-corrected chi connectivity index (χ1v) is 9.72. The third-order valence-corrected chi connectivity index (χ3v) is 4.74. The van der Waals surface area contributed by atoms with Crippen LogP contribution in [0.5, 0.6) is 5.75 Å². The van der Waals surface area contributed by atoms with Gasteiger partial charge in [-0.25, -0.2) is 4.68 Å². The van der Waals surface area contributed by atoms with Crippen LogP contribution in [0.15, 0.2) is 24.3 Å². The summed E-state index contributed by atoms with van der Waals surface area (Å²) in [5, 5.41) is 11.2. The second-order valence-corrected chi connectivity index (χ2v) is 7.13. The average Bonchev–Trinajstić information content (AvgIpc) is 3.03. The van der Waals surface area contributed by atoms with Crippen molar-refractivity contribution in [2.24, 2.45) is 0 Å². The highest BCUT2D eigenvalue weighted by molar-refractivity contribution is 5.97. The predicted octanol–water partition coefficient (Wildman–Crippen LogP) is 1.97. The van der Waals surface area contributed by atoms with Crippen LogP contribution in [0, 0.1) is 0 Å². The van der Waals surface area contributed by atoms with Crippen LogP contribution in [0.3, 0.4) is 0 Å². The Balaban J connectivity index is 1.89. The Morgan fingerprint density at radius 3 is 2.68 bits per heavy atom. The van der Waals surface area contributed by atoms with Crippen LogP contribution in [0.2, 0.25) is 0 Å². The molecule has 2 heterocycles. The van der Waals surface area contributed by atoms with Crippen LogP contribution in [-0.2, 0) is 11.2 Å². The van der Waals surface area contributed by atoms with Crippen LogP contribution in [-0.4, -0.2) is 56.9 Å². The maximum Gasteiger partial charge on any atom is 0.277 e. The van der Waals surface area contributed by atoms with Gasteiger partial charge in [-0.15, -0.1) is 5.10 Å². The van der Waals surface area contributed by atoms with Crippen LogP contribution < -0.4 is 10.1 Å². The average molecular weight is 385 g/mol. The second-order valence-electron chi connectivity index (χ2n) is 7.13. The van der Waals surface area contributed by atoms with E-state index >= 15 is 0 Å². The lowest BCUT2D eigenvalue weighted by Crippen LogP contribution is -2.45. The summed E-state index contributed by atoms with van der Waals surface area (Å²) < 4.78 is 7.35. The molecule has 0 saturated carbocycles. The van der Waals surface area contributed by atoms with Gasteiger partial charge in [-0.2, -0.15) is 0 Å². The van der Waals surface area contributed by atoms with Gasteiger partial charge in [0.2, 0.25) is 5.91 Å². The van der Waals surface area contributed by atoms with E-state index in [2.05, 4.69) is 15.6 Å². The summed E-state index contributed by atoms with van der Waals surface area (Å²) in [6, 6.07) is 7.00.